The van der Waals surface area contributed by atoms with Crippen molar-refractivity contribution in [3.63, 3.8) is 0 Å². The van der Waals surface area contributed by atoms with E-state index in [9.17, 15) is 4.79 Å². The number of carbonyl (C=O) groups excluding carboxylic acids is 1. The number of hydrogen-bond donors (Lipinski definition) is 1. The minimum atomic E-state index is 0.0343. The van der Waals surface area contributed by atoms with Crippen LogP contribution in [0.3, 0.4) is 0 Å². The van der Waals surface area contributed by atoms with Crippen molar-refractivity contribution in [3.05, 3.63) is 89.5 Å². The Morgan fingerprint density at radius 2 is 1.34 bits per heavy atom. The van der Waals surface area contributed by atoms with E-state index in [1.54, 1.807) is 12.4 Å². The van der Waals surface area contributed by atoms with E-state index in [0.29, 0.717) is 37.9 Å². The van der Waals surface area contributed by atoms with Gasteiger partial charge in [0.25, 0.3) is 0 Å². The van der Waals surface area contributed by atoms with Crippen molar-refractivity contribution in [1.29, 1.82) is 0 Å². The number of hydrogen-bond acceptors (Lipinski definition) is 4. The van der Waals surface area contributed by atoms with Crippen LogP contribution in [0.4, 0.5) is 5.69 Å². The van der Waals surface area contributed by atoms with Gasteiger partial charge in [-0.05, 0) is 47.2 Å². The van der Waals surface area contributed by atoms with E-state index in [1.807, 2.05) is 36.4 Å². The molecule has 1 N–H and O–H groups in total. The molecule has 168 valence electrons. The highest BCUT2D eigenvalue weighted by atomic mass is 16.1. The fourth-order valence-electron chi connectivity index (χ4n) is 3.81. The van der Waals surface area contributed by atoms with Gasteiger partial charge in [-0.25, -0.2) is 0 Å². The van der Waals surface area contributed by atoms with Crippen molar-refractivity contribution in [3.8, 4) is 0 Å². The normalized spacial score (nSPS) is 11.3. The number of carbonyl (C=O) groups is 1. The molecule has 2 heterocycles. The zero-order valence-corrected chi connectivity index (χ0v) is 19.6. The number of amides is 1. The Kier molecular flexibility index (Phi) is 8.51. The van der Waals surface area contributed by atoms with E-state index in [1.165, 1.54) is 11.1 Å². The van der Waals surface area contributed by atoms with Crippen molar-refractivity contribution in [2.24, 2.45) is 0 Å². The molecule has 3 rings (SSSR count). The lowest BCUT2D eigenvalue weighted by Crippen LogP contribution is -2.28. The minimum Gasteiger partial charge on any atom is -0.326 e. The van der Waals surface area contributed by atoms with Crippen LogP contribution >= 0.6 is 0 Å². The van der Waals surface area contributed by atoms with E-state index in [-0.39, 0.29) is 5.91 Å². The number of rotatable bonds is 10. The largest absolute Gasteiger partial charge is 0.326 e. The maximum atomic E-state index is 13.0. The van der Waals surface area contributed by atoms with Crippen LogP contribution in [0.15, 0.2) is 67.0 Å². The van der Waals surface area contributed by atoms with Crippen molar-refractivity contribution in [2.75, 3.05) is 11.9 Å². The fraction of sp³-hybridized carbons (Fsp3) is 0.370. The van der Waals surface area contributed by atoms with Crippen LogP contribution in [-0.4, -0.2) is 27.3 Å². The lowest BCUT2D eigenvalue weighted by molar-refractivity contribution is -0.116. The molecule has 0 aliphatic carbocycles. The maximum absolute atomic E-state index is 13.0. The van der Waals surface area contributed by atoms with Gasteiger partial charge in [0.1, 0.15) is 0 Å². The van der Waals surface area contributed by atoms with Crippen molar-refractivity contribution < 1.29 is 4.79 Å². The third kappa shape index (κ3) is 6.72. The summed E-state index contributed by atoms with van der Waals surface area (Å²) < 4.78 is 0. The Balaban J connectivity index is 1.71. The molecule has 32 heavy (non-hydrogen) atoms. The summed E-state index contributed by atoms with van der Waals surface area (Å²) in [5.74, 6) is 0.717. The predicted octanol–water partition coefficient (Wildman–Crippen LogP) is 5.75. The highest BCUT2D eigenvalue weighted by Gasteiger charge is 2.17. The number of nitrogens with zero attached hydrogens (tertiary/aromatic N) is 3. The van der Waals surface area contributed by atoms with Gasteiger partial charge in [0.15, 0.2) is 0 Å². The van der Waals surface area contributed by atoms with Crippen molar-refractivity contribution in [1.82, 2.24) is 14.9 Å². The highest BCUT2D eigenvalue weighted by Crippen LogP contribution is 2.32. The topological polar surface area (TPSA) is 58.1 Å². The van der Waals surface area contributed by atoms with Gasteiger partial charge in [0, 0.05) is 44.1 Å². The zero-order chi connectivity index (χ0) is 22.9. The predicted molar refractivity (Wildman–Crippen MR) is 130 cm³/mol. The molecular weight excluding hydrogens is 396 g/mol. The zero-order valence-electron chi connectivity index (χ0n) is 19.6. The summed E-state index contributed by atoms with van der Waals surface area (Å²) in [6, 6.07) is 18.1. The molecule has 1 amide bonds. The second-order valence-electron chi connectivity index (χ2n) is 8.77. The van der Waals surface area contributed by atoms with Gasteiger partial charge in [-0.3, -0.25) is 19.7 Å². The van der Waals surface area contributed by atoms with E-state index in [0.717, 1.165) is 17.1 Å². The summed E-state index contributed by atoms with van der Waals surface area (Å²) in [6.45, 7) is 10.6. The Hall–Kier alpha value is -3.05. The Bertz CT molecular complexity index is 919. The molecule has 0 spiro atoms. The van der Waals surface area contributed by atoms with Gasteiger partial charge in [-0.1, -0.05) is 58.0 Å². The third-order valence-electron chi connectivity index (χ3n) is 5.52. The minimum absolute atomic E-state index is 0.0343. The van der Waals surface area contributed by atoms with Gasteiger partial charge in [0.05, 0.1) is 11.4 Å². The Morgan fingerprint density at radius 1 is 0.812 bits per heavy atom. The molecule has 2 aromatic heterocycles. The lowest BCUT2D eigenvalue weighted by Gasteiger charge is -2.23. The maximum Gasteiger partial charge on any atom is 0.225 e. The lowest BCUT2D eigenvalue weighted by atomic mass is 9.92. The second-order valence-corrected chi connectivity index (χ2v) is 8.77. The standard InChI is InChI=1S/C27H34N4O/c1-20(2)24-12-9-13-25(21(3)4)27(24)30-26(32)14-17-31(18-22-10-5-7-15-28-22)19-23-11-6-8-16-29-23/h5-13,15-16,20-21H,14,17-19H2,1-4H3,(H,30,32). The second kappa shape index (κ2) is 11.5. The molecule has 0 aliphatic heterocycles. The van der Waals surface area contributed by atoms with Crippen LogP contribution in [0.5, 0.6) is 0 Å². The van der Waals surface area contributed by atoms with Crippen LogP contribution in [0.25, 0.3) is 0 Å². The Morgan fingerprint density at radius 3 is 1.78 bits per heavy atom. The van der Waals surface area contributed by atoms with E-state index < -0.39 is 0 Å². The molecule has 0 radical (unpaired) electrons. The quantitative estimate of drug-likeness (QED) is 0.445. The van der Waals surface area contributed by atoms with E-state index in [4.69, 9.17) is 0 Å². The number of aromatic nitrogens is 2. The fourth-order valence-corrected chi connectivity index (χ4v) is 3.81. The molecule has 5 nitrogen and oxygen atoms in total. The van der Waals surface area contributed by atoms with Gasteiger partial charge < -0.3 is 5.32 Å². The monoisotopic (exact) mass is 430 g/mol. The summed E-state index contributed by atoms with van der Waals surface area (Å²) in [6.07, 6.45) is 4.01. The smallest absolute Gasteiger partial charge is 0.225 e. The van der Waals surface area contributed by atoms with E-state index >= 15 is 0 Å². The van der Waals surface area contributed by atoms with Gasteiger partial charge in [0.2, 0.25) is 5.91 Å². The number of pyridine rings is 2. The van der Waals surface area contributed by atoms with Crippen molar-refractivity contribution in [2.45, 2.75) is 59.0 Å². The van der Waals surface area contributed by atoms with Crippen LogP contribution in [0, 0.1) is 0 Å². The van der Waals surface area contributed by atoms with Crippen LogP contribution in [0.1, 0.15) is 68.5 Å². The summed E-state index contributed by atoms with van der Waals surface area (Å²) >= 11 is 0. The first-order chi connectivity index (χ1) is 15.4. The summed E-state index contributed by atoms with van der Waals surface area (Å²) in [5, 5.41) is 3.23. The first-order valence-electron chi connectivity index (χ1n) is 11.4. The van der Waals surface area contributed by atoms with E-state index in [2.05, 4.69) is 66.1 Å². The molecule has 0 bridgehead atoms. The van der Waals surface area contributed by atoms with Gasteiger partial charge in [-0.15, -0.1) is 0 Å². The summed E-state index contributed by atoms with van der Waals surface area (Å²) in [7, 11) is 0. The van der Waals surface area contributed by atoms with Crippen molar-refractivity contribution >= 4 is 11.6 Å². The number of benzene rings is 1. The molecular formula is C27H34N4O. The average Bonchev–Trinajstić information content (AvgIpc) is 2.78. The molecule has 0 saturated heterocycles. The van der Waals surface area contributed by atoms with Crippen LogP contribution in [0.2, 0.25) is 0 Å². The third-order valence-corrected chi connectivity index (χ3v) is 5.52. The molecule has 0 saturated carbocycles. The molecule has 3 aromatic rings. The average molecular weight is 431 g/mol. The summed E-state index contributed by atoms with van der Waals surface area (Å²) in [5.41, 5.74) is 5.31. The van der Waals surface area contributed by atoms with Gasteiger partial charge in [-0.2, -0.15) is 0 Å². The van der Waals surface area contributed by atoms with Crippen LogP contribution in [-0.2, 0) is 17.9 Å². The molecule has 1 aromatic carbocycles. The highest BCUT2D eigenvalue weighted by molar-refractivity contribution is 5.92. The molecule has 0 aliphatic rings. The molecule has 0 atom stereocenters. The first-order valence-corrected chi connectivity index (χ1v) is 11.4. The first kappa shape index (κ1) is 23.6. The molecule has 5 heteroatoms. The molecule has 0 unspecified atom stereocenters. The van der Waals surface area contributed by atoms with Gasteiger partial charge >= 0.3 is 0 Å². The SMILES string of the molecule is CC(C)c1cccc(C(C)C)c1NC(=O)CCN(Cc1ccccn1)Cc1ccccn1. The number of nitrogens with one attached hydrogen (secondary N) is 1. The Labute approximate surface area is 191 Å². The molecule has 0 fully saturated rings. The summed E-state index contributed by atoms with van der Waals surface area (Å²) in [4.78, 5) is 24.1. The number of para-hydroxylation sites is 1. The number of anilines is 1. The van der Waals surface area contributed by atoms with Crippen LogP contribution < -0.4 is 5.32 Å².